The van der Waals surface area contributed by atoms with Crippen molar-refractivity contribution in [2.45, 2.75) is 45.1 Å². The Balaban J connectivity index is 1.60. The summed E-state index contributed by atoms with van der Waals surface area (Å²) in [5.41, 5.74) is 0.987. The summed E-state index contributed by atoms with van der Waals surface area (Å²) in [5.74, 6) is 0.834. The van der Waals surface area contributed by atoms with Gasteiger partial charge in [0.05, 0.1) is 19.3 Å². The van der Waals surface area contributed by atoms with Crippen LogP contribution in [0.4, 0.5) is 9.93 Å². The number of thiazole rings is 1. The number of carbonyl (C=O) groups is 2. The molecule has 2 heterocycles. The first-order chi connectivity index (χ1) is 10.7. The molecule has 1 aliphatic carbocycles. The first-order valence-corrected chi connectivity index (χ1v) is 8.58. The molecule has 7 heteroatoms. The van der Waals surface area contributed by atoms with E-state index < -0.39 is 6.09 Å². The molecule has 2 amide bonds. The van der Waals surface area contributed by atoms with Crippen molar-refractivity contribution in [3.05, 3.63) is 10.6 Å². The van der Waals surface area contributed by atoms with Crippen molar-refractivity contribution in [3.8, 4) is 0 Å². The monoisotopic (exact) mass is 323 g/mol. The van der Waals surface area contributed by atoms with Gasteiger partial charge in [-0.05, 0) is 18.8 Å². The van der Waals surface area contributed by atoms with Gasteiger partial charge < -0.3 is 9.64 Å². The molecule has 1 N–H and O–H groups in total. The second-order valence-electron chi connectivity index (χ2n) is 5.93. The lowest BCUT2D eigenvalue weighted by atomic mass is 10.0. The predicted molar refractivity (Wildman–Crippen MR) is 83.8 cm³/mol. The van der Waals surface area contributed by atoms with Crippen LogP contribution < -0.4 is 5.32 Å². The van der Waals surface area contributed by atoms with Gasteiger partial charge in [-0.15, -0.1) is 0 Å². The zero-order valence-corrected chi connectivity index (χ0v) is 13.6. The van der Waals surface area contributed by atoms with Crippen LogP contribution in [0.25, 0.3) is 0 Å². The van der Waals surface area contributed by atoms with E-state index in [-0.39, 0.29) is 5.91 Å². The summed E-state index contributed by atoms with van der Waals surface area (Å²) in [5, 5.41) is 3.14. The van der Waals surface area contributed by atoms with Gasteiger partial charge in [-0.25, -0.2) is 9.78 Å². The predicted octanol–water partition coefficient (Wildman–Crippen LogP) is 2.79. The molecule has 1 aromatic rings. The number of fused-ring (bicyclic) bond motifs is 1. The molecule has 1 fully saturated rings. The molecular weight excluding hydrogens is 302 g/mol. The van der Waals surface area contributed by atoms with Crippen molar-refractivity contribution in [1.82, 2.24) is 9.88 Å². The maximum Gasteiger partial charge on any atom is 0.413 e. The van der Waals surface area contributed by atoms with E-state index >= 15 is 0 Å². The summed E-state index contributed by atoms with van der Waals surface area (Å²) in [6, 6.07) is 0. The normalized spacial score (nSPS) is 18.1. The first kappa shape index (κ1) is 15.3. The van der Waals surface area contributed by atoms with E-state index in [2.05, 4.69) is 15.0 Å². The van der Waals surface area contributed by atoms with Crippen molar-refractivity contribution < 1.29 is 14.3 Å². The zero-order valence-electron chi connectivity index (χ0n) is 12.8. The molecule has 3 rings (SSSR count). The fourth-order valence-corrected chi connectivity index (χ4v) is 4.20. The van der Waals surface area contributed by atoms with Crippen molar-refractivity contribution in [2.75, 3.05) is 19.0 Å². The Hall–Kier alpha value is -1.63. The zero-order chi connectivity index (χ0) is 15.5. The van der Waals surface area contributed by atoms with Crippen molar-refractivity contribution in [1.29, 1.82) is 0 Å². The Morgan fingerprint density at radius 3 is 2.91 bits per heavy atom. The maximum atomic E-state index is 12.4. The molecule has 0 unspecified atom stereocenters. The molecule has 1 aliphatic heterocycles. The molecule has 0 spiro atoms. The van der Waals surface area contributed by atoms with Gasteiger partial charge in [0, 0.05) is 24.3 Å². The fourth-order valence-electron chi connectivity index (χ4n) is 3.19. The van der Waals surface area contributed by atoms with E-state index in [0.29, 0.717) is 24.0 Å². The highest BCUT2D eigenvalue weighted by molar-refractivity contribution is 7.15. The Bertz CT molecular complexity index is 566. The minimum atomic E-state index is -0.514. The first-order valence-electron chi connectivity index (χ1n) is 7.77. The van der Waals surface area contributed by atoms with Crippen LogP contribution in [0.3, 0.4) is 0 Å². The van der Waals surface area contributed by atoms with Crippen molar-refractivity contribution in [2.24, 2.45) is 5.92 Å². The van der Waals surface area contributed by atoms with Crippen LogP contribution >= 0.6 is 11.3 Å². The molecule has 0 radical (unpaired) electrons. The van der Waals surface area contributed by atoms with Crippen LogP contribution in [0.1, 0.15) is 42.7 Å². The van der Waals surface area contributed by atoms with Gasteiger partial charge in [0.2, 0.25) is 5.91 Å². The number of nitrogens with one attached hydrogen (secondary N) is 1. The van der Waals surface area contributed by atoms with Gasteiger partial charge in [0.15, 0.2) is 5.13 Å². The standard InChI is InChI=1S/C15H21N3O3S/c1-21-15(20)17-14-16-11-6-7-18(9-12(11)22-14)13(19)8-10-4-2-3-5-10/h10H,2-9H2,1H3,(H,16,17,20). The smallest absolute Gasteiger partial charge is 0.413 e. The number of ether oxygens (including phenoxy) is 1. The summed E-state index contributed by atoms with van der Waals surface area (Å²) >= 11 is 1.43. The third-order valence-corrected chi connectivity index (χ3v) is 5.41. The average Bonchev–Trinajstić information content (AvgIpc) is 3.14. The average molecular weight is 323 g/mol. The topological polar surface area (TPSA) is 71.5 Å². The number of hydrogen-bond donors (Lipinski definition) is 1. The van der Waals surface area contributed by atoms with Crippen LogP contribution in [0.2, 0.25) is 0 Å². The summed E-state index contributed by atoms with van der Waals surface area (Å²) < 4.78 is 4.57. The molecule has 22 heavy (non-hydrogen) atoms. The quantitative estimate of drug-likeness (QED) is 0.928. The van der Waals surface area contributed by atoms with Crippen molar-refractivity contribution in [3.63, 3.8) is 0 Å². The molecule has 2 aliphatic rings. The van der Waals surface area contributed by atoms with Crippen LogP contribution in [0, 0.1) is 5.92 Å². The number of anilines is 1. The van der Waals surface area contributed by atoms with Gasteiger partial charge in [-0.3, -0.25) is 10.1 Å². The summed E-state index contributed by atoms with van der Waals surface area (Å²) in [4.78, 5) is 31.0. The molecule has 1 saturated carbocycles. The Morgan fingerprint density at radius 1 is 1.41 bits per heavy atom. The summed E-state index contributed by atoms with van der Waals surface area (Å²) in [6.45, 7) is 1.33. The molecular formula is C15H21N3O3S. The van der Waals surface area contributed by atoms with Gasteiger partial charge in [0.25, 0.3) is 0 Å². The number of nitrogens with zero attached hydrogens (tertiary/aromatic N) is 2. The van der Waals surface area contributed by atoms with E-state index in [4.69, 9.17) is 0 Å². The lowest BCUT2D eigenvalue weighted by Crippen LogP contribution is -2.36. The number of methoxy groups -OCH3 is 1. The van der Waals surface area contributed by atoms with E-state index in [1.54, 1.807) is 0 Å². The molecule has 0 atom stereocenters. The van der Waals surface area contributed by atoms with Crippen molar-refractivity contribution >= 4 is 28.5 Å². The van der Waals surface area contributed by atoms with Gasteiger partial charge >= 0.3 is 6.09 Å². The summed E-state index contributed by atoms with van der Waals surface area (Å²) in [6.07, 6.45) is 5.84. The molecule has 0 aromatic carbocycles. The lowest BCUT2D eigenvalue weighted by Gasteiger charge is -2.27. The lowest BCUT2D eigenvalue weighted by molar-refractivity contribution is -0.133. The number of aromatic nitrogens is 1. The van der Waals surface area contributed by atoms with Crippen LogP contribution in [-0.2, 0) is 22.5 Å². The van der Waals surface area contributed by atoms with E-state index in [0.717, 1.165) is 23.5 Å². The van der Waals surface area contributed by atoms with Gasteiger partial charge in [-0.1, -0.05) is 24.2 Å². The molecule has 6 nitrogen and oxygen atoms in total. The number of amides is 2. The van der Waals surface area contributed by atoms with E-state index in [1.165, 1.54) is 44.1 Å². The molecule has 120 valence electrons. The summed E-state index contributed by atoms with van der Waals surface area (Å²) in [7, 11) is 1.33. The molecule has 1 aromatic heterocycles. The highest BCUT2D eigenvalue weighted by Crippen LogP contribution is 2.31. The van der Waals surface area contributed by atoms with Gasteiger partial charge in [0.1, 0.15) is 0 Å². The number of hydrogen-bond acceptors (Lipinski definition) is 5. The van der Waals surface area contributed by atoms with Crippen LogP contribution in [0.5, 0.6) is 0 Å². The molecule has 0 saturated heterocycles. The van der Waals surface area contributed by atoms with Gasteiger partial charge in [-0.2, -0.15) is 0 Å². The Kier molecular flexibility index (Phi) is 4.61. The highest BCUT2D eigenvalue weighted by atomic mass is 32.1. The molecule has 0 bridgehead atoms. The Labute approximate surface area is 133 Å². The third kappa shape index (κ3) is 3.40. The minimum absolute atomic E-state index is 0.258. The third-order valence-electron chi connectivity index (χ3n) is 4.42. The maximum absolute atomic E-state index is 12.4. The minimum Gasteiger partial charge on any atom is -0.453 e. The number of rotatable bonds is 3. The fraction of sp³-hybridized carbons (Fsp3) is 0.667. The highest BCUT2D eigenvalue weighted by Gasteiger charge is 2.27. The van der Waals surface area contributed by atoms with Crippen LogP contribution in [-0.4, -0.2) is 35.5 Å². The second kappa shape index (κ2) is 6.64. The van der Waals surface area contributed by atoms with E-state index in [9.17, 15) is 9.59 Å². The second-order valence-corrected chi connectivity index (χ2v) is 7.01. The largest absolute Gasteiger partial charge is 0.453 e. The Morgan fingerprint density at radius 2 is 2.18 bits per heavy atom. The SMILES string of the molecule is COC(=O)Nc1nc2c(s1)CN(C(=O)CC1CCCC1)CC2. The van der Waals surface area contributed by atoms with Crippen LogP contribution in [0.15, 0.2) is 0 Å². The number of carbonyl (C=O) groups excluding carboxylic acids is 2. The van der Waals surface area contributed by atoms with E-state index in [1.807, 2.05) is 4.90 Å².